The van der Waals surface area contributed by atoms with Crippen LogP contribution in [-0.4, -0.2) is 23.6 Å². The monoisotopic (exact) mass is 444 g/mol. The lowest BCUT2D eigenvalue weighted by Crippen LogP contribution is -2.33. The van der Waals surface area contributed by atoms with E-state index in [9.17, 15) is 17.6 Å². The van der Waals surface area contributed by atoms with Crippen molar-refractivity contribution < 1.29 is 17.2 Å². The lowest BCUT2D eigenvalue weighted by atomic mass is 9.88. The molecule has 162 valence electrons. The van der Waals surface area contributed by atoms with Gasteiger partial charge in [0.1, 0.15) is 11.9 Å². The Kier molecular flexibility index (Phi) is 5.28. The highest BCUT2D eigenvalue weighted by Crippen LogP contribution is 2.35. The molecule has 2 aromatic carbocycles. The van der Waals surface area contributed by atoms with Crippen molar-refractivity contribution in [1.82, 2.24) is 19.9 Å². The van der Waals surface area contributed by atoms with E-state index in [-0.39, 0.29) is 10.8 Å². The number of hydrogen-bond donors (Lipinski definition) is 3. The second kappa shape index (κ2) is 7.78. The summed E-state index contributed by atoms with van der Waals surface area (Å²) in [6.45, 7) is 5.26. The second-order valence-corrected chi connectivity index (χ2v) is 9.12. The highest BCUT2D eigenvalue weighted by atomic mass is 32.2. The van der Waals surface area contributed by atoms with Crippen LogP contribution >= 0.6 is 0 Å². The van der Waals surface area contributed by atoms with Crippen LogP contribution in [0.4, 0.5) is 4.39 Å². The molecule has 0 radical (unpaired) electrons. The van der Waals surface area contributed by atoms with Crippen molar-refractivity contribution in [3.63, 3.8) is 0 Å². The molecule has 0 aliphatic rings. The number of hydrogen-bond acceptors (Lipinski definition) is 5. The highest BCUT2D eigenvalue weighted by molar-refractivity contribution is 7.89. The zero-order valence-electron chi connectivity index (χ0n) is 17.1. The largest absolute Gasteiger partial charge is 0.434 e. The number of aryl methyl sites for hydroxylation is 1. The molecule has 2 atom stereocenters. The van der Waals surface area contributed by atoms with Crippen molar-refractivity contribution in [2.24, 2.45) is 0 Å². The highest BCUT2D eigenvalue weighted by Gasteiger charge is 2.34. The summed E-state index contributed by atoms with van der Waals surface area (Å²) in [5.74, 6) is -2.22. The lowest BCUT2D eigenvalue weighted by molar-refractivity contribution is 0.377. The third kappa shape index (κ3) is 3.79. The fraction of sp³-hybridized carbons (Fsp3) is 0.238. The van der Waals surface area contributed by atoms with Crippen LogP contribution in [0.15, 0.2) is 56.7 Å². The summed E-state index contributed by atoms with van der Waals surface area (Å²) in [6, 6.07) is 8.36. The summed E-state index contributed by atoms with van der Waals surface area (Å²) in [4.78, 5) is 14.6. The molecule has 8 nitrogen and oxygen atoms in total. The molecular weight excluding hydrogens is 423 g/mol. The van der Waals surface area contributed by atoms with E-state index in [4.69, 9.17) is 4.42 Å². The predicted molar refractivity (Wildman–Crippen MR) is 113 cm³/mol. The molecule has 4 rings (SSSR count). The van der Waals surface area contributed by atoms with Gasteiger partial charge in [0, 0.05) is 23.0 Å². The molecule has 0 aliphatic carbocycles. The standard InChI is InChI=1S/C21H21FN4O4S/c1-11-7-8-15(22)18(12(11)2)13(3)19(20-24-25-21(27)30-20)26-31(28,29)17-6-4-5-16-14(17)9-10-23-16/h4-10,13,19,23,26H,1-3H3,(H,25,27). The van der Waals surface area contributed by atoms with E-state index < -0.39 is 33.6 Å². The topological polar surface area (TPSA) is 121 Å². The lowest BCUT2D eigenvalue weighted by Gasteiger charge is -2.25. The first kappa shape index (κ1) is 21.0. The van der Waals surface area contributed by atoms with E-state index in [1.165, 1.54) is 12.1 Å². The summed E-state index contributed by atoms with van der Waals surface area (Å²) in [7, 11) is -4.09. The Labute approximate surface area is 177 Å². The average Bonchev–Trinajstić information content (AvgIpc) is 3.37. The maximum absolute atomic E-state index is 14.8. The van der Waals surface area contributed by atoms with Crippen molar-refractivity contribution in [3.05, 3.63) is 81.5 Å². The molecular formula is C21H21FN4O4S. The van der Waals surface area contributed by atoms with Crippen LogP contribution < -0.4 is 10.5 Å². The van der Waals surface area contributed by atoms with Crippen molar-refractivity contribution in [1.29, 1.82) is 0 Å². The quantitative estimate of drug-likeness (QED) is 0.421. The van der Waals surface area contributed by atoms with Gasteiger partial charge in [0.15, 0.2) is 0 Å². The number of H-pyrrole nitrogens is 2. The Morgan fingerprint density at radius 2 is 1.94 bits per heavy atom. The van der Waals surface area contributed by atoms with Crippen LogP contribution in [0.5, 0.6) is 0 Å². The first-order valence-corrected chi connectivity index (χ1v) is 11.1. The van der Waals surface area contributed by atoms with Gasteiger partial charge in [-0.1, -0.05) is 19.1 Å². The maximum Gasteiger partial charge on any atom is 0.434 e. The minimum atomic E-state index is -4.09. The van der Waals surface area contributed by atoms with Gasteiger partial charge in [-0.25, -0.2) is 22.7 Å². The molecule has 0 fully saturated rings. The Bertz CT molecular complexity index is 1420. The number of halogens is 1. The molecule has 2 aromatic heterocycles. The molecule has 3 N–H and O–H groups in total. The number of benzene rings is 2. The fourth-order valence-electron chi connectivity index (χ4n) is 3.79. The molecule has 0 saturated heterocycles. The number of fused-ring (bicyclic) bond motifs is 1. The SMILES string of the molecule is Cc1ccc(F)c(C(C)C(NS(=O)(=O)c2cccc3[nH]ccc23)c2n[nH]c(=O)o2)c1C. The van der Waals surface area contributed by atoms with Gasteiger partial charge in [-0.2, -0.15) is 4.72 Å². The molecule has 0 bridgehead atoms. The van der Waals surface area contributed by atoms with Crippen LogP contribution in [-0.2, 0) is 10.0 Å². The van der Waals surface area contributed by atoms with Gasteiger partial charge in [-0.3, -0.25) is 0 Å². The van der Waals surface area contributed by atoms with Gasteiger partial charge in [0.05, 0.1) is 4.90 Å². The molecule has 0 aliphatic heterocycles. The van der Waals surface area contributed by atoms with Crippen molar-refractivity contribution in [3.8, 4) is 0 Å². The summed E-state index contributed by atoms with van der Waals surface area (Å²) < 4.78 is 49.1. The van der Waals surface area contributed by atoms with E-state index in [0.717, 1.165) is 5.56 Å². The number of sulfonamides is 1. The Hall–Kier alpha value is -3.24. The zero-order valence-corrected chi connectivity index (χ0v) is 17.9. The minimum Gasteiger partial charge on any atom is -0.391 e. The number of aromatic nitrogens is 3. The van der Waals surface area contributed by atoms with Crippen LogP contribution in [0.2, 0.25) is 0 Å². The predicted octanol–water partition coefficient (Wildman–Crippen LogP) is 3.42. The Morgan fingerprint density at radius 3 is 2.65 bits per heavy atom. The molecule has 0 spiro atoms. The third-order valence-corrected chi connectivity index (χ3v) is 7.03. The minimum absolute atomic E-state index is 0.0442. The Morgan fingerprint density at radius 1 is 1.16 bits per heavy atom. The number of aromatic amines is 2. The first-order valence-electron chi connectivity index (χ1n) is 9.58. The van der Waals surface area contributed by atoms with Crippen LogP contribution in [0.1, 0.15) is 41.5 Å². The van der Waals surface area contributed by atoms with E-state index >= 15 is 0 Å². The smallest absolute Gasteiger partial charge is 0.391 e. The van der Waals surface area contributed by atoms with Crippen LogP contribution in [0.25, 0.3) is 10.9 Å². The van der Waals surface area contributed by atoms with Gasteiger partial charge in [0.2, 0.25) is 15.9 Å². The fourth-order valence-corrected chi connectivity index (χ4v) is 5.28. The molecule has 0 saturated carbocycles. The summed E-state index contributed by atoms with van der Waals surface area (Å²) >= 11 is 0. The zero-order chi connectivity index (χ0) is 22.3. The van der Waals surface area contributed by atoms with Gasteiger partial charge in [-0.15, -0.1) is 5.10 Å². The molecule has 2 unspecified atom stereocenters. The number of nitrogens with one attached hydrogen (secondary N) is 3. The van der Waals surface area contributed by atoms with Gasteiger partial charge >= 0.3 is 5.76 Å². The summed E-state index contributed by atoms with van der Waals surface area (Å²) in [5, 5.41) is 6.46. The van der Waals surface area contributed by atoms with Crippen LogP contribution in [0.3, 0.4) is 0 Å². The molecule has 2 heterocycles. The average molecular weight is 444 g/mol. The second-order valence-electron chi connectivity index (χ2n) is 7.44. The summed E-state index contributed by atoms with van der Waals surface area (Å²) in [6.07, 6.45) is 1.64. The molecule has 31 heavy (non-hydrogen) atoms. The van der Waals surface area contributed by atoms with E-state index in [2.05, 4.69) is 19.9 Å². The van der Waals surface area contributed by atoms with E-state index in [1.54, 1.807) is 44.3 Å². The molecule has 10 heteroatoms. The molecule has 4 aromatic rings. The van der Waals surface area contributed by atoms with Crippen LogP contribution in [0, 0.1) is 19.7 Å². The van der Waals surface area contributed by atoms with Gasteiger partial charge in [0.25, 0.3) is 0 Å². The number of nitrogens with zero attached hydrogens (tertiary/aromatic N) is 1. The maximum atomic E-state index is 14.8. The van der Waals surface area contributed by atoms with Crippen molar-refractivity contribution in [2.45, 2.75) is 37.6 Å². The first-order chi connectivity index (χ1) is 14.7. The molecule has 0 amide bonds. The third-order valence-electron chi connectivity index (χ3n) is 5.54. The van der Waals surface area contributed by atoms with Crippen molar-refractivity contribution >= 4 is 20.9 Å². The van der Waals surface area contributed by atoms with Gasteiger partial charge in [-0.05, 0) is 54.8 Å². The van der Waals surface area contributed by atoms with E-state index in [0.29, 0.717) is 22.0 Å². The van der Waals surface area contributed by atoms with E-state index in [1.807, 2.05) is 6.92 Å². The summed E-state index contributed by atoms with van der Waals surface area (Å²) in [5.41, 5.74) is 2.50. The Balaban J connectivity index is 1.83. The normalized spacial score (nSPS) is 14.1. The van der Waals surface area contributed by atoms with Crippen molar-refractivity contribution in [2.75, 3.05) is 0 Å². The number of rotatable bonds is 6. The van der Waals surface area contributed by atoms with Gasteiger partial charge < -0.3 is 9.40 Å².